The van der Waals surface area contributed by atoms with Gasteiger partial charge in [-0.25, -0.2) is 4.98 Å². The van der Waals surface area contributed by atoms with Crippen molar-refractivity contribution in [3.05, 3.63) is 17.0 Å². The lowest BCUT2D eigenvalue weighted by atomic mass is 9.96. The highest BCUT2D eigenvalue weighted by atomic mass is 35.5. The van der Waals surface area contributed by atoms with E-state index in [1.54, 1.807) is 6.07 Å². The topological polar surface area (TPSA) is 35.0 Å². The van der Waals surface area contributed by atoms with Gasteiger partial charge in [0.2, 0.25) is 5.88 Å². The van der Waals surface area contributed by atoms with Crippen LogP contribution in [0.3, 0.4) is 0 Å². The molecule has 1 saturated carbocycles. The van der Waals surface area contributed by atoms with Gasteiger partial charge in [0.25, 0.3) is 0 Å². The molecule has 1 aliphatic rings. The van der Waals surface area contributed by atoms with E-state index in [0.29, 0.717) is 17.1 Å². The van der Waals surface area contributed by atoms with Crippen molar-refractivity contribution in [1.29, 1.82) is 0 Å². The van der Waals surface area contributed by atoms with E-state index in [1.165, 1.54) is 6.42 Å². The number of halogens is 1. The number of nitrogens with zero attached hydrogens (tertiary/aromatic N) is 2. The second kappa shape index (κ2) is 4.79. The Kier molecular flexibility index (Phi) is 3.41. The minimum atomic E-state index is 0.338. The molecular formula is C11H15ClN2O. The summed E-state index contributed by atoms with van der Waals surface area (Å²) in [6, 6.07) is 1.69. The van der Waals surface area contributed by atoms with Gasteiger partial charge in [-0.15, -0.1) is 0 Å². The highest BCUT2D eigenvalue weighted by Crippen LogP contribution is 2.25. The number of hydrogen-bond donors (Lipinski definition) is 0. The van der Waals surface area contributed by atoms with Gasteiger partial charge < -0.3 is 4.74 Å². The summed E-state index contributed by atoms with van der Waals surface area (Å²) < 4.78 is 5.68. The average Bonchev–Trinajstić information content (AvgIpc) is 2.11. The van der Waals surface area contributed by atoms with Crippen LogP contribution in [0.25, 0.3) is 0 Å². The first kappa shape index (κ1) is 10.7. The van der Waals surface area contributed by atoms with Crippen molar-refractivity contribution < 1.29 is 4.74 Å². The van der Waals surface area contributed by atoms with E-state index >= 15 is 0 Å². The fourth-order valence-electron chi connectivity index (χ4n) is 1.50. The third-order valence-electron chi connectivity index (χ3n) is 2.53. The summed E-state index contributed by atoms with van der Waals surface area (Å²) >= 11 is 5.90. The number of hydrogen-bond acceptors (Lipinski definition) is 3. The fraction of sp³-hybridized carbons (Fsp3) is 0.636. The van der Waals surface area contributed by atoms with Crippen LogP contribution in [0.15, 0.2) is 6.07 Å². The van der Waals surface area contributed by atoms with Crippen molar-refractivity contribution in [1.82, 2.24) is 9.97 Å². The molecule has 1 fully saturated rings. The van der Waals surface area contributed by atoms with Crippen LogP contribution in [0, 0.1) is 0 Å². The second-order valence-electron chi connectivity index (χ2n) is 3.87. The van der Waals surface area contributed by atoms with Gasteiger partial charge in [-0.3, -0.25) is 0 Å². The normalized spacial score (nSPS) is 16.1. The number of aromatic nitrogens is 2. The summed E-state index contributed by atoms with van der Waals surface area (Å²) in [6.07, 6.45) is 5.72. The molecule has 0 saturated heterocycles. The molecule has 1 aliphatic carbocycles. The van der Waals surface area contributed by atoms with Gasteiger partial charge in [-0.2, -0.15) is 4.98 Å². The van der Waals surface area contributed by atoms with Crippen LogP contribution in [0.5, 0.6) is 5.88 Å². The molecule has 0 atom stereocenters. The highest BCUT2D eigenvalue weighted by Gasteiger charge is 2.20. The summed E-state index contributed by atoms with van der Waals surface area (Å²) in [5.74, 6) is 1.41. The Hall–Kier alpha value is -0.830. The lowest BCUT2D eigenvalue weighted by Crippen LogP contribution is -2.25. The number of aryl methyl sites for hydroxylation is 1. The maximum absolute atomic E-state index is 5.90. The minimum absolute atomic E-state index is 0.338. The van der Waals surface area contributed by atoms with E-state index in [-0.39, 0.29) is 0 Å². The SMILES string of the molecule is CCCc1nc(Cl)cc(OC2CCC2)n1. The molecule has 0 aromatic carbocycles. The molecule has 82 valence electrons. The minimum Gasteiger partial charge on any atom is -0.474 e. The maximum Gasteiger partial charge on any atom is 0.218 e. The Balaban J connectivity index is 2.07. The molecule has 0 aliphatic heterocycles. The summed E-state index contributed by atoms with van der Waals surface area (Å²) in [6.45, 7) is 2.09. The monoisotopic (exact) mass is 226 g/mol. The number of rotatable bonds is 4. The smallest absolute Gasteiger partial charge is 0.218 e. The molecule has 1 aromatic heterocycles. The number of ether oxygens (including phenoxy) is 1. The van der Waals surface area contributed by atoms with Gasteiger partial charge >= 0.3 is 0 Å². The zero-order valence-corrected chi connectivity index (χ0v) is 9.63. The van der Waals surface area contributed by atoms with Crippen LogP contribution >= 0.6 is 11.6 Å². The molecule has 4 heteroatoms. The van der Waals surface area contributed by atoms with E-state index < -0.39 is 0 Å². The van der Waals surface area contributed by atoms with Crippen molar-refractivity contribution >= 4 is 11.6 Å². The van der Waals surface area contributed by atoms with E-state index in [0.717, 1.165) is 31.5 Å². The molecule has 0 spiro atoms. The Labute approximate surface area is 94.8 Å². The molecule has 0 amide bonds. The standard InChI is InChI=1S/C11H15ClN2O/c1-2-4-10-13-9(12)7-11(14-10)15-8-5-3-6-8/h7-8H,2-6H2,1H3. The molecule has 0 unspecified atom stereocenters. The summed E-state index contributed by atoms with van der Waals surface area (Å²) in [4.78, 5) is 8.48. The van der Waals surface area contributed by atoms with Crippen LogP contribution in [0.4, 0.5) is 0 Å². The van der Waals surface area contributed by atoms with E-state index in [2.05, 4.69) is 16.9 Å². The van der Waals surface area contributed by atoms with Gasteiger partial charge in [0.15, 0.2) is 0 Å². The van der Waals surface area contributed by atoms with Crippen molar-refractivity contribution in [2.75, 3.05) is 0 Å². The Morgan fingerprint density at radius 3 is 2.87 bits per heavy atom. The third kappa shape index (κ3) is 2.81. The van der Waals surface area contributed by atoms with Crippen LogP contribution in [-0.2, 0) is 6.42 Å². The van der Waals surface area contributed by atoms with Crippen LogP contribution in [0.1, 0.15) is 38.4 Å². The van der Waals surface area contributed by atoms with Crippen molar-refractivity contribution in [2.45, 2.75) is 45.1 Å². The lowest BCUT2D eigenvalue weighted by Gasteiger charge is -2.25. The summed E-state index contributed by atoms with van der Waals surface area (Å²) in [7, 11) is 0. The van der Waals surface area contributed by atoms with Gasteiger partial charge in [-0.05, 0) is 25.7 Å². The molecule has 0 bridgehead atoms. The van der Waals surface area contributed by atoms with Crippen LogP contribution in [0.2, 0.25) is 5.15 Å². The van der Waals surface area contributed by atoms with Crippen LogP contribution in [-0.4, -0.2) is 16.1 Å². The highest BCUT2D eigenvalue weighted by molar-refractivity contribution is 6.29. The lowest BCUT2D eigenvalue weighted by molar-refractivity contribution is 0.114. The van der Waals surface area contributed by atoms with E-state index in [9.17, 15) is 0 Å². The predicted octanol–water partition coefficient (Wildman–Crippen LogP) is 3.01. The molecule has 1 heterocycles. The fourth-order valence-corrected chi connectivity index (χ4v) is 1.69. The average molecular weight is 227 g/mol. The van der Waals surface area contributed by atoms with Crippen molar-refractivity contribution in [3.8, 4) is 5.88 Å². The summed E-state index contributed by atoms with van der Waals surface area (Å²) in [5.41, 5.74) is 0. The second-order valence-corrected chi connectivity index (χ2v) is 4.25. The van der Waals surface area contributed by atoms with Crippen molar-refractivity contribution in [3.63, 3.8) is 0 Å². The Morgan fingerprint density at radius 1 is 1.47 bits per heavy atom. The van der Waals surface area contributed by atoms with Gasteiger partial charge in [-0.1, -0.05) is 18.5 Å². The van der Waals surface area contributed by atoms with Crippen LogP contribution < -0.4 is 4.74 Å². The molecule has 1 aromatic rings. The zero-order valence-electron chi connectivity index (χ0n) is 8.87. The molecule has 0 radical (unpaired) electrons. The Bertz CT molecular complexity index is 339. The molecular weight excluding hydrogens is 212 g/mol. The predicted molar refractivity (Wildman–Crippen MR) is 59.3 cm³/mol. The summed E-state index contributed by atoms with van der Waals surface area (Å²) in [5, 5.41) is 0.475. The largest absolute Gasteiger partial charge is 0.474 e. The van der Waals surface area contributed by atoms with E-state index in [4.69, 9.17) is 16.3 Å². The maximum atomic E-state index is 5.90. The van der Waals surface area contributed by atoms with Gasteiger partial charge in [0, 0.05) is 12.5 Å². The first-order chi connectivity index (χ1) is 7.28. The van der Waals surface area contributed by atoms with E-state index in [1.807, 2.05) is 0 Å². The van der Waals surface area contributed by atoms with Gasteiger partial charge in [0.1, 0.15) is 17.1 Å². The molecule has 15 heavy (non-hydrogen) atoms. The molecule has 0 N–H and O–H groups in total. The quantitative estimate of drug-likeness (QED) is 0.741. The molecule has 3 nitrogen and oxygen atoms in total. The van der Waals surface area contributed by atoms with Gasteiger partial charge in [0.05, 0.1) is 0 Å². The molecule has 2 rings (SSSR count). The third-order valence-corrected chi connectivity index (χ3v) is 2.72. The van der Waals surface area contributed by atoms with Crippen molar-refractivity contribution in [2.24, 2.45) is 0 Å². The zero-order chi connectivity index (χ0) is 10.7. The first-order valence-corrected chi connectivity index (χ1v) is 5.86. The Morgan fingerprint density at radius 2 is 2.27 bits per heavy atom. The first-order valence-electron chi connectivity index (χ1n) is 5.48.